The molecule has 3 N–H and O–H groups in total. The first-order valence-electron chi connectivity index (χ1n) is 9.05. The van der Waals surface area contributed by atoms with Crippen LogP contribution >= 0.6 is 31.9 Å². The zero-order valence-electron chi connectivity index (χ0n) is 15.3. The number of aromatic amines is 1. The van der Waals surface area contributed by atoms with Gasteiger partial charge in [0.2, 0.25) is 5.95 Å². The third kappa shape index (κ3) is 3.70. The highest BCUT2D eigenvalue weighted by Crippen LogP contribution is 2.31. The number of benzene rings is 1. The number of aromatic nitrogens is 3. The van der Waals surface area contributed by atoms with E-state index in [1.165, 1.54) is 22.8 Å². The normalized spacial score (nSPS) is 16.9. The summed E-state index contributed by atoms with van der Waals surface area (Å²) < 4.78 is 16.6. The van der Waals surface area contributed by atoms with E-state index in [0.717, 1.165) is 12.8 Å². The van der Waals surface area contributed by atoms with Gasteiger partial charge in [0.05, 0.1) is 27.3 Å². The largest absolute Gasteiger partial charge is 0.342 e. The summed E-state index contributed by atoms with van der Waals surface area (Å²) in [5, 5.41) is 9.40. The summed E-state index contributed by atoms with van der Waals surface area (Å²) in [6.45, 7) is 1.30. The molecule has 1 saturated heterocycles. The van der Waals surface area contributed by atoms with E-state index in [4.69, 9.17) is 10.7 Å². The highest BCUT2D eigenvalue weighted by atomic mass is 79.9. The minimum atomic E-state index is -0.465. The third-order valence-corrected chi connectivity index (χ3v) is 6.94. The molecule has 2 aromatic heterocycles. The van der Waals surface area contributed by atoms with Gasteiger partial charge >= 0.3 is 0 Å². The Bertz CT molecular complexity index is 1200. The Hall–Kier alpha value is -2.22. The molecular weight excluding hydrogens is 507 g/mol. The summed E-state index contributed by atoms with van der Waals surface area (Å²) in [5.74, 6) is -0.00834. The van der Waals surface area contributed by atoms with Gasteiger partial charge in [0.15, 0.2) is 0 Å². The Kier molecular flexibility index (Phi) is 5.46. The van der Waals surface area contributed by atoms with Crippen LogP contribution in [0.5, 0.6) is 0 Å². The molecule has 0 unspecified atom stereocenters. The van der Waals surface area contributed by atoms with Gasteiger partial charge in [0.25, 0.3) is 5.56 Å². The monoisotopic (exact) mass is 522 g/mol. The standard InChI is InChI=1S/C19H17Br2FN6O/c20-14-15-16(25-17(14)21)18(29)28(8-11-6-12(22)4-3-10(11)7-23)19(26-15)27-5-1-2-13(24)9-27/h3-4,6,13,25H,1-2,5,8-9,24H2/t13-/m1/s1. The van der Waals surface area contributed by atoms with Crippen LogP contribution in [0.15, 0.2) is 32.1 Å². The molecule has 3 heterocycles. The highest BCUT2D eigenvalue weighted by molar-refractivity contribution is 9.13. The van der Waals surface area contributed by atoms with Crippen LogP contribution in [0.1, 0.15) is 24.0 Å². The van der Waals surface area contributed by atoms with E-state index >= 15 is 0 Å². The van der Waals surface area contributed by atoms with E-state index in [9.17, 15) is 14.4 Å². The molecule has 0 spiro atoms. The lowest BCUT2D eigenvalue weighted by molar-refractivity contribution is 0.491. The first-order chi connectivity index (χ1) is 13.9. The zero-order valence-corrected chi connectivity index (χ0v) is 18.4. The van der Waals surface area contributed by atoms with Crippen LogP contribution in [0.25, 0.3) is 11.0 Å². The van der Waals surface area contributed by atoms with Crippen molar-refractivity contribution in [3.8, 4) is 6.07 Å². The van der Waals surface area contributed by atoms with Crippen molar-refractivity contribution < 1.29 is 4.39 Å². The predicted octanol–water partition coefficient (Wildman–Crippen LogP) is 3.24. The Balaban J connectivity index is 1.93. The van der Waals surface area contributed by atoms with Gasteiger partial charge in [-0.25, -0.2) is 9.37 Å². The number of hydrogen-bond donors (Lipinski definition) is 2. The van der Waals surface area contributed by atoms with Crippen LogP contribution in [0.4, 0.5) is 10.3 Å². The van der Waals surface area contributed by atoms with E-state index in [2.05, 4.69) is 42.9 Å². The maximum atomic E-state index is 13.8. The fourth-order valence-corrected chi connectivity index (χ4v) is 4.40. The first-order valence-corrected chi connectivity index (χ1v) is 10.6. The van der Waals surface area contributed by atoms with E-state index in [0.29, 0.717) is 50.3 Å². The maximum Gasteiger partial charge on any atom is 0.279 e. The van der Waals surface area contributed by atoms with Crippen molar-refractivity contribution in [2.45, 2.75) is 25.4 Å². The molecule has 1 aliphatic rings. The molecule has 3 aromatic rings. The molecule has 29 heavy (non-hydrogen) atoms. The zero-order chi connectivity index (χ0) is 20.7. The van der Waals surface area contributed by atoms with Crippen LogP contribution in [-0.2, 0) is 6.54 Å². The number of fused-ring (bicyclic) bond motifs is 1. The number of anilines is 1. The first kappa shape index (κ1) is 20.1. The van der Waals surface area contributed by atoms with Crippen molar-refractivity contribution in [1.29, 1.82) is 5.26 Å². The van der Waals surface area contributed by atoms with Crippen molar-refractivity contribution in [1.82, 2.24) is 14.5 Å². The molecule has 0 radical (unpaired) electrons. The van der Waals surface area contributed by atoms with Gasteiger partial charge in [-0.2, -0.15) is 5.26 Å². The number of hydrogen-bond acceptors (Lipinski definition) is 5. The highest BCUT2D eigenvalue weighted by Gasteiger charge is 2.25. The van der Waals surface area contributed by atoms with Gasteiger partial charge in [-0.3, -0.25) is 9.36 Å². The van der Waals surface area contributed by atoms with E-state index in [1.54, 1.807) is 0 Å². The van der Waals surface area contributed by atoms with E-state index < -0.39 is 5.82 Å². The second kappa shape index (κ2) is 7.89. The summed E-state index contributed by atoms with van der Waals surface area (Å²) in [4.78, 5) is 23.1. The number of H-pyrrole nitrogens is 1. The van der Waals surface area contributed by atoms with Crippen molar-refractivity contribution in [3.63, 3.8) is 0 Å². The van der Waals surface area contributed by atoms with Gasteiger partial charge in [-0.05, 0) is 68.5 Å². The Morgan fingerprint density at radius 1 is 1.41 bits per heavy atom. The van der Waals surface area contributed by atoms with Crippen molar-refractivity contribution in [3.05, 3.63) is 54.6 Å². The lowest BCUT2D eigenvalue weighted by Crippen LogP contribution is -2.45. The molecule has 150 valence electrons. The van der Waals surface area contributed by atoms with Gasteiger partial charge in [-0.1, -0.05) is 0 Å². The SMILES string of the molecule is N#Cc1ccc(F)cc1Cn1c(N2CCC[C@@H](N)C2)nc2c(Br)c(Br)[nH]c2c1=O. The molecule has 7 nitrogen and oxygen atoms in total. The molecule has 4 rings (SSSR count). The lowest BCUT2D eigenvalue weighted by Gasteiger charge is -2.33. The topological polar surface area (TPSA) is 104 Å². The summed E-state index contributed by atoms with van der Waals surface area (Å²) in [5.41, 5.74) is 7.40. The number of nitriles is 1. The molecular formula is C19H17Br2FN6O. The molecule has 1 atom stereocenters. The van der Waals surface area contributed by atoms with Gasteiger partial charge in [0.1, 0.15) is 16.9 Å². The fraction of sp³-hybridized carbons (Fsp3) is 0.316. The summed E-state index contributed by atoms with van der Waals surface area (Å²) >= 11 is 6.83. The van der Waals surface area contributed by atoms with Crippen LogP contribution in [0, 0.1) is 17.1 Å². The Morgan fingerprint density at radius 3 is 2.93 bits per heavy atom. The second-order valence-electron chi connectivity index (χ2n) is 7.04. The molecule has 0 saturated carbocycles. The van der Waals surface area contributed by atoms with Crippen LogP contribution in [-0.4, -0.2) is 33.7 Å². The summed E-state index contributed by atoms with van der Waals surface area (Å²) in [6, 6.07) is 5.97. The smallest absolute Gasteiger partial charge is 0.279 e. The van der Waals surface area contributed by atoms with Crippen LogP contribution < -0.4 is 16.2 Å². The molecule has 0 bridgehead atoms. The molecule has 10 heteroatoms. The minimum Gasteiger partial charge on any atom is -0.342 e. The predicted molar refractivity (Wildman–Crippen MR) is 115 cm³/mol. The number of rotatable bonds is 3. The number of piperidine rings is 1. The van der Waals surface area contributed by atoms with Crippen molar-refractivity contribution >= 4 is 48.8 Å². The van der Waals surface area contributed by atoms with Gasteiger partial charge < -0.3 is 15.6 Å². The number of nitrogens with one attached hydrogen (secondary N) is 1. The van der Waals surface area contributed by atoms with Gasteiger partial charge in [0, 0.05) is 19.1 Å². The number of halogens is 3. The quantitative estimate of drug-likeness (QED) is 0.548. The van der Waals surface area contributed by atoms with Crippen LogP contribution in [0.2, 0.25) is 0 Å². The Labute approximate surface area is 182 Å². The van der Waals surface area contributed by atoms with Crippen molar-refractivity contribution in [2.24, 2.45) is 5.73 Å². The molecule has 1 aromatic carbocycles. The average Bonchev–Trinajstić information content (AvgIpc) is 2.98. The van der Waals surface area contributed by atoms with Crippen LogP contribution in [0.3, 0.4) is 0 Å². The molecule has 0 amide bonds. The number of nitrogens with two attached hydrogens (primary N) is 1. The van der Waals surface area contributed by atoms with Crippen molar-refractivity contribution in [2.75, 3.05) is 18.0 Å². The second-order valence-corrected chi connectivity index (χ2v) is 8.63. The number of nitrogens with zero attached hydrogens (tertiary/aromatic N) is 4. The third-order valence-electron chi connectivity index (χ3n) is 5.04. The molecule has 1 aliphatic heterocycles. The summed E-state index contributed by atoms with van der Waals surface area (Å²) in [7, 11) is 0. The molecule has 0 aliphatic carbocycles. The summed E-state index contributed by atoms with van der Waals surface area (Å²) in [6.07, 6.45) is 1.79. The Morgan fingerprint density at radius 2 is 2.21 bits per heavy atom. The lowest BCUT2D eigenvalue weighted by atomic mass is 10.1. The average molecular weight is 524 g/mol. The maximum absolute atomic E-state index is 13.8. The van der Waals surface area contributed by atoms with E-state index in [-0.39, 0.29) is 18.1 Å². The minimum absolute atomic E-state index is 0.0185. The fourth-order valence-electron chi connectivity index (χ4n) is 3.63. The van der Waals surface area contributed by atoms with E-state index in [1.807, 2.05) is 4.90 Å². The van der Waals surface area contributed by atoms with Gasteiger partial charge in [-0.15, -0.1) is 0 Å². The molecule has 1 fully saturated rings.